The molecule has 1 heterocycles. The number of carbonyl (C=O) groups excluding carboxylic acids is 1. The van der Waals surface area contributed by atoms with Gasteiger partial charge >= 0.3 is 42.6 Å². The molecule has 22 heteroatoms. The molecule has 1 aromatic heterocycles. The molecule has 4 N–H and O–H groups in total. The standard InChI is InChI=1S/C19H18ClN3O4.2C4H8N2S4.Mn.Zn/c1-25-19(24)23(26-2)17-6-4-3-5-14(17)13-27-18-11-12-22(21-18)16-9-7-15(20)8-10-16;2*7-3(8)5-1-2-6-4(9)10;;/h3-12H,13H2,1-2H3;2*1-2H2,(H2,5,7,8)(H2,6,9,10);;/q;;;2*+2/p-4. The Kier molecular flexibility index (Phi) is 29.6. The molecule has 0 spiro atoms. The van der Waals surface area contributed by atoms with Crippen molar-refractivity contribution in [3.05, 3.63) is 71.4 Å². The molecule has 261 valence electrons. The van der Waals surface area contributed by atoms with Crippen molar-refractivity contribution >= 4 is 140 Å². The molecular weight excluding hydrogens is 899 g/mol. The second-order valence-corrected chi connectivity index (χ2v) is 13.0. The van der Waals surface area contributed by atoms with E-state index in [2.05, 4.69) is 126 Å². The van der Waals surface area contributed by atoms with Crippen molar-refractivity contribution in [3.8, 4) is 11.6 Å². The number of nitrogens with zero attached hydrogens (tertiary/aromatic N) is 3. The van der Waals surface area contributed by atoms with Crippen LogP contribution in [0.3, 0.4) is 0 Å². The number of thiocarbonyl (C=S) groups is 4. The van der Waals surface area contributed by atoms with Gasteiger partial charge in [-0.05, 0) is 30.3 Å². The number of amides is 1. The second kappa shape index (κ2) is 29.2. The van der Waals surface area contributed by atoms with Gasteiger partial charge in [0.25, 0.3) is 0 Å². The summed E-state index contributed by atoms with van der Waals surface area (Å²) in [5.74, 6) is 0.446. The molecule has 0 unspecified atom stereocenters. The molecule has 2 aromatic carbocycles. The van der Waals surface area contributed by atoms with Crippen LogP contribution in [0.5, 0.6) is 5.88 Å². The quantitative estimate of drug-likeness (QED) is 0.0693. The van der Waals surface area contributed by atoms with Gasteiger partial charge in [0.05, 0.1) is 25.6 Å². The first-order valence-corrected chi connectivity index (χ1v) is 16.8. The van der Waals surface area contributed by atoms with Gasteiger partial charge in [0, 0.05) is 49.0 Å². The van der Waals surface area contributed by atoms with Gasteiger partial charge in [-0.25, -0.2) is 9.48 Å². The molecule has 0 fully saturated rings. The van der Waals surface area contributed by atoms with Crippen LogP contribution in [0.25, 0.3) is 5.69 Å². The van der Waals surface area contributed by atoms with Crippen molar-refractivity contribution < 1.29 is 55.7 Å². The molecular formula is C27H30ClMnN7O4S8Zn. The summed E-state index contributed by atoms with van der Waals surface area (Å²) in [6.07, 6.45) is 1.16. The van der Waals surface area contributed by atoms with Crippen LogP contribution in [0.1, 0.15) is 5.56 Å². The molecule has 0 saturated carbocycles. The summed E-state index contributed by atoms with van der Waals surface area (Å²) >= 11 is 42.6. The monoisotopic (exact) mass is 926 g/mol. The van der Waals surface area contributed by atoms with Crippen LogP contribution in [0, 0.1) is 0 Å². The van der Waals surface area contributed by atoms with E-state index >= 15 is 0 Å². The van der Waals surface area contributed by atoms with Crippen LogP contribution in [0.15, 0.2) is 60.8 Å². The Hall–Kier alpha value is -1.45. The van der Waals surface area contributed by atoms with Crippen LogP contribution in [0.4, 0.5) is 10.5 Å². The fourth-order valence-electron chi connectivity index (χ4n) is 3.12. The van der Waals surface area contributed by atoms with E-state index < -0.39 is 6.09 Å². The van der Waals surface area contributed by atoms with Crippen molar-refractivity contribution in [1.29, 1.82) is 0 Å². The summed E-state index contributed by atoms with van der Waals surface area (Å²) < 4.78 is 13.7. The first-order chi connectivity index (χ1) is 22.4. The summed E-state index contributed by atoms with van der Waals surface area (Å²) in [6.45, 7) is 2.86. The maximum absolute atomic E-state index is 11.9. The number of hydrogen-bond donors (Lipinski definition) is 4. The molecule has 49 heavy (non-hydrogen) atoms. The number of hydroxylamine groups is 1. The number of anilines is 1. The molecule has 0 atom stereocenters. The molecule has 0 aliphatic carbocycles. The van der Waals surface area contributed by atoms with Crippen LogP contribution in [0.2, 0.25) is 5.02 Å². The van der Waals surface area contributed by atoms with Gasteiger partial charge in [-0.2, -0.15) is 5.06 Å². The molecule has 11 nitrogen and oxygen atoms in total. The van der Waals surface area contributed by atoms with Crippen molar-refractivity contribution in [1.82, 2.24) is 31.0 Å². The van der Waals surface area contributed by atoms with E-state index in [1.807, 2.05) is 24.3 Å². The van der Waals surface area contributed by atoms with E-state index in [-0.39, 0.29) is 43.2 Å². The number of para-hydroxylation sites is 1. The second-order valence-electron chi connectivity index (χ2n) is 8.30. The Morgan fingerprint density at radius 2 is 1.29 bits per heavy atom. The molecule has 1 amide bonds. The Morgan fingerprint density at radius 1 is 0.816 bits per heavy atom. The number of carbonyl (C=O) groups is 1. The predicted molar refractivity (Wildman–Crippen MR) is 213 cm³/mol. The minimum Gasteiger partial charge on any atom is -0.472 e. The van der Waals surface area contributed by atoms with Crippen molar-refractivity contribution in [2.75, 3.05) is 45.5 Å². The summed E-state index contributed by atoms with van der Waals surface area (Å²) in [5.41, 5.74) is 2.14. The summed E-state index contributed by atoms with van der Waals surface area (Å²) in [5, 5.41) is 17.2. The van der Waals surface area contributed by atoms with E-state index in [0.717, 1.165) is 16.3 Å². The zero-order valence-corrected chi connectivity index (χ0v) is 37.4. The number of hydrogen-bond acceptors (Lipinski definition) is 13. The summed E-state index contributed by atoms with van der Waals surface area (Å²) in [7, 11) is 2.68. The van der Waals surface area contributed by atoms with E-state index in [4.69, 9.17) is 25.9 Å². The van der Waals surface area contributed by atoms with Gasteiger partial charge in [-0.15, -0.1) is 5.10 Å². The fourth-order valence-corrected chi connectivity index (χ4v) is 4.06. The predicted octanol–water partition coefficient (Wildman–Crippen LogP) is 3.89. The number of benzene rings is 2. The van der Waals surface area contributed by atoms with E-state index in [9.17, 15) is 4.79 Å². The number of methoxy groups -OCH3 is 1. The maximum Gasteiger partial charge on any atom is 2.00 e. The Bertz CT molecular complexity index is 1400. The van der Waals surface area contributed by atoms with E-state index in [1.54, 1.807) is 41.2 Å². The molecule has 1 radical (unpaired) electrons. The summed E-state index contributed by atoms with van der Waals surface area (Å²) in [6, 6.07) is 16.3. The largest absolute Gasteiger partial charge is 2.00 e. The Labute approximate surface area is 358 Å². The van der Waals surface area contributed by atoms with Gasteiger partial charge in [0.2, 0.25) is 5.88 Å². The Morgan fingerprint density at radius 3 is 1.71 bits per heavy atom. The topological polar surface area (TPSA) is 114 Å². The number of nitrogens with one attached hydrogen (secondary N) is 4. The SMILES string of the molecule is COC(=O)N(OC)c1ccccc1COc1ccn(-c2ccc(Cl)cc2)n1.S=C([S-])NCCNC(=S)[S-].S=C([S-])NCCNC(=S)[S-].[Mn+2].[Zn+2]. The van der Waals surface area contributed by atoms with Crippen molar-refractivity contribution in [2.24, 2.45) is 0 Å². The van der Waals surface area contributed by atoms with Crippen LogP contribution in [-0.4, -0.2) is 73.6 Å². The number of halogens is 1. The molecule has 0 saturated heterocycles. The summed E-state index contributed by atoms with van der Waals surface area (Å²) in [4.78, 5) is 17.0. The first-order valence-electron chi connectivity index (χ1n) is 13.1. The third kappa shape index (κ3) is 22.9. The van der Waals surface area contributed by atoms with E-state index in [1.165, 1.54) is 14.2 Å². The van der Waals surface area contributed by atoms with E-state index in [0.29, 0.717) is 60.1 Å². The van der Waals surface area contributed by atoms with Crippen LogP contribution < -0.4 is 31.1 Å². The zero-order valence-electron chi connectivity index (χ0n) is 26.0. The maximum atomic E-state index is 11.9. The molecule has 3 rings (SSSR count). The molecule has 0 bridgehead atoms. The number of ether oxygens (including phenoxy) is 2. The smallest absolute Gasteiger partial charge is 0.472 e. The Balaban J connectivity index is 0. The van der Waals surface area contributed by atoms with Crippen LogP contribution in [-0.2, 0) is 103 Å². The first kappa shape index (κ1) is 49.7. The average molecular weight is 929 g/mol. The number of rotatable bonds is 12. The van der Waals surface area contributed by atoms with Gasteiger partial charge < -0.3 is 130 Å². The average Bonchev–Trinajstić information content (AvgIpc) is 3.51. The fraction of sp³-hybridized carbons (Fsp3) is 0.259. The molecule has 0 aliphatic heterocycles. The molecule has 3 aromatic rings. The van der Waals surface area contributed by atoms with Gasteiger partial charge in [0.1, 0.15) is 6.61 Å². The number of aromatic nitrogens is 2. The minimum absolute atomic E-state index is 0. The molecule has 0 aliphatic rings. The third-order valence-electron chi connectivity index (χ3n) is 5.09. The van der Waals surface area contributed by atoms with Gasteiger partial charge in [-0.1, -0.05) is 47.1 Å². The van der Waals surface area contributed by atoms with Crippen molar-refractivity contribution in [3.63, 3.8) is 0 Å². The zero-order chi connectivity index (χ0) is 35.2. The van der Waals surface area contributed by atoms with Gasteiger partial charge in [-0.3, -0.25) is 4.84 Å². The normalized spacial score (nSPS) is 9.20. The van der Waals surface area contributed by atoms with Crippen LogP contribution >= 0.6 is 60.5 Å². The van der Waals surface area contributed by atoms with Crippen molar-refractivity contribution in [2.45, 2.75) is 6.61 Å². The third-order valence-corrected chi connectivity index (χ3v) is 6.50. The van der Waals surface area contributed by atoms with Gasteiger partial charge in [0.15, 0.2) is 0 Å². The minimum atomic E-state index is -0.628.